The lowest BCUT2D eigenvalue weighted by molar-refractivity contribution is 0.600. The number of hydrogen-bond acceptors (Lipinski definition) is 4. The molecule has 0 spiro atoms. The van der Waals surface area contributed by atoms with E-state index in [2.05, 4.69) is 11.1 Å². The first-order chi connectivity index (χ1) is 12.0. The maximum absolute atomic E-state index is 12.0. The molecule has 5 nitrogen and oxygen atoms in total. The van der Waals surface area contributed by atoms with Gasteiger partial charge < -0.3 is 4.57 Å². The predicted octanol–water partition coefficient (Wildman–Crippen LogP) is 2.80. The van der Waals surface area contributed by atoms with Crippen LogP contribution in [0, 0.1) is 11.3 Å². The number of hydrogen-bond donors (Lipinski definition) is 0. The van der Waals surface area contributed by atoms with Crippen molar-refractivity contribution >= 4 is 9.84 Å². The van der Waals surface area contributed by atoms with Crippen LogP contribution < -0.4 is 0 Å². The number of nitrogens with zero attached hydrogens (tertiary/aromatic N) is 3. The second kappa shape index (κ2) is 6.91. The van der Waals surface area contributed by atoms with Gasteiger partial charge in [-0.1, -0.05) is 30.3 Å². The highest BCUT2D eigenvalue weighted by molar-refractivity contribution is 7.90. The van der Waals surface area contributed by atoms with Gasteiger partial charge in [-0.25, -0.2) is 13.4 Å². The van der Waals surface area contributed by atoms with Crippen LogP contribution in [-0.4, -0.2) is 24.2 Å². The number of sulfone groups is 1. The first kappa shape index (κ1) is 16.9. The molecule has 2 aromatic carbocycles. The Labute approximate surface area is 147 Å². The summed E-state index contributed by atoms with van der Waals surface area (Å²) in [5, 5.41) is 9.02. The van der Waals surface area contributed by atoms with Crippen LogP contribution in [0.25, 0.3) is 0 Å². The summed E-state index contributed by atoms with van der Waals surface area (Å²) in [4.78, 5) is 4.71. The third-order valence-electron chi connectivity index (χ3n) is 3.93. The molecule has 25 heavy (non-hydrogen) atoms. The summed E-state index contributed by atoms with van der Waals surface area (Å²) >= 11 is 0. The minimum absolute atomic E-state index is 0.330. The average molecular weight is 351 g/mol. The van der Waals surface area contributed by atoms with E-state index in [1.54, 1.807) is 24.4 Å². The lowest BCUT2D eigenvalue weighted by Crippen LogP contribution is -2.08. The normalized spacial score (nSPS) is 11.2. The van der Waals surface area contributed by atoms with Gasteiger partial charge >= 0.3 is 0 Å². The molecular formula is C19H17N3O2S. The second-order valence-electron chi connectivity index (χ2n) is 5.84. The number of nitriles is 1. The summed E-state index contributed by atoms with van der Waals surface area (Å²) in [5.41, 5.74) is 2.33. The topological polar surface area (TPSA) is 75.8 Å². The Morgan fingerprint density at radius 1 is 1.16 bits per heavy atom. The molecule has 0 atom stereocenters. The second-order valence-corrected chi connectivity index (χ2v) is 7.82. The third kappa shape index (κ3) is 3.95. The van der Waals surface area contributed by atoms with E-state index < -0.39 is 9.84 Å². The number of rotatable bonds is 5. The number of benzene rings is 2. The zero-order valence-corrected chi connectivity index (χ0v) is 14.6. The molecule has 3 rings (SSSR count). The largest absolute Gasteiger partial charge is 0.330 e. The maximum Gasteiger partial charge on any atom is 0.175 e. The Balaban J connectivity index is 1.90. The summed E-state index contributed by atoms with van der Waals surface area (Å²) in [6.45, 7) is 0.575. The van der Waals surface area contributed by atoms with E-state index in [1.165, 1.54) is 6.26 Å². The van der Waals surface area contributed by atoms with E-state index in [9.17, 15) is 8.42 Å². The zero-order chi connectivity index (χ0) is 17.9. The molecule has 0 saturated carbocycles. The highest BCUT2D eigenvalue weighted by Crippen LogP contribution is 2.19. The van der Waals surface area contributed by atoms with Crippen LogP contribution >= 0.6 is 0 Å². The van der Waals surface area contributed by atoms with Crippen molar-refractivity contribution < 1.29 is 8.42 Å². The quantitative estimate of drug-likeness (QED) is 0.708. The molecule has 1 heterocycles. The molecule has 0 radical (unpaired) electrons. The Hall–Kier alpha value is -2.91. The van der Waals surface area contributed by atoms with Crippen LogP contribution in [0.1, 0.15) is 22.5 Å². The van der Waals surface area contributed by atoms with Crippen molar-refractivity contribution in [1.29, 1.82) is 5.26 Å². The van der Waals surface area contributed by atoms with Gasteiger partial charge in [-0.3, -0.25) is 0 Å². The summed E-state index contributed by atoms with van der Waals surface area (Å²) < 4.78 is 25.9. The molecule has 3 aromatic rings. The van der Waals surface area contributed by atoms with Gasteiger partial charge in [0.15, 0.2) is 9.84 Å². The molecule has 0 bridgehead atoms. The summed E-state index contributed by atoms with van der Waals surface area (Å²) in [7, 11) is -3.29. The molecular weight excluding hydrogens is 334 g/mol. The first-order valence-electron chi connectivity index (χ1n) is 7.74. The average Bonchev–Trinajstić information content (AvgIpc) is 3.01. The Bertz CT molecular complexity index is 1050. The molecule has 0 aliphatic carbocycles. The van der Waals surface area contributed by atoms with Crippen molar-refractivity contribution in [2.24, 2.45) is 0 Å². The summed E-state index contributed by atoms with van der Waals surface area (Å²) in [5.74, 6) is 0.776. The fourth-order valence-electron chi connectivity index (χ4n) is 2.77. The third-order valence-corrected chi connectivity index (χ3v) is 5.13. The van der Waals surface area contributed by atoms with E-state index in [0.717, 1.165) is 17.0 Å². The van der Waals surface area contributed by atoms with Crippen molar-refractivity contribution in [3.05, 3.63) is 83.4 Å². The molecule has 126 valence electrons. The predicted molar refractivity (Wildman–Crippen MR) is 94.8 cm³/mol. The van der Waals surface area contributed by atoms with Gasteiger partial charge in [-0.2, -0.15) is 5.26 Å². The maximum atomic E-state index is 12.0. The van der Waals surface area contributed by atoms with Crippen molar-refractivity contribution in [2.75, 3.05) is 6.26 Å². The van der Waals surface area contributed by atoms with Gasteiger partial charge in [0.25, 0.3) is 0 Å². The molecule has 0 N–H and O–H groups in total. The lowest BCUT2D eigenvalue weighted by Gasteiger charge is -2.11. The van der Waals surface area contributed by atoms with Crippen LogP contribution in [0.3, 0.4) is 0 Å². The Morgan fingerprint density at radius 2 is 1.96 bits per heavy atom. The molecule has 0 unspecified atom stereocenters. The van der Waals surface area contributed by atoms with Crippen molar-refractivity contribution in [3.8, 4) is 6.07 Å². The molecule has 0 amide bonds. The van der Waals surface area contributed by atoms with Gasteiger partial charge in [0, 0.05) is 31.6 Å². The molecule has 0 aliphatic heterocycles. The van der Waals surface area contributed by atoms with Gasteiger partial charge in [-0.05, 0) is 29.3 Å². The summed E-state index contributed by atoms with van der Waals surface area (Å²) in [6.07, 6.45) is 5.20. The van der Waals surface area contributed by atoms with Crippen LogP contribution in [0.15, 0.2) is 65.8 Å². The van der Waals surface area contributed by atoms with Crippen molar-refractivity contribution in [1.82, 2.24) is 9.55 Å². The Kier molecular flexibility index (Phi) is 4.68. The van der Waals surface area contributed by atoms with Gasteiger partial charge in [0.05, 0.1) is 16.5 Å². The molecule has 0 saturated heterocycles. The van der Waals surface area contributed by atoms with Gasteiger partial charge in [-0.15, -0.1) is 0 Å². The Morgan fingerprint density at radius 3 is 2.72 bits per heavy atom. The molecule has 6 heteroatoms. The fraction of sp³-hybridized carbons (Fsp3) is 0.158. The molecule has 0 fully saturated rings. The van der Waals surface area contributed by atoms with Gasteiger partial charge in [0.1, 0.15) is 5.82 Å². The highest BCUT2D eigenvalue weighted by Gasteiger charge is 2.14. The van der Waals surface area contributed by atoms with E-state index in [-0.39, 0.29) is 0 Å². The van der Waals surface area contributed by atoms with Crippen LogP contribution in [0.4, 0.5) is 0 Å². The van der Waals surface area contributed by atoms with Crippen LogP contribution in [0.2, 0.25) is 0 Å². The van der Waals surface area contributed by atoms with Crippen molar-refractivity contribution in [3.63, 3.8) is 0 Å². The SMILES string of the molecule is CS(=O)(=O)c1ccccc1Cc1nccn1Cc1cccc(C#N)c1. The minimum atomic E-state index is -3.29. The minimum Gasteiger partial charge on any atom is -0.330 e. The van der Waals surface area contributed by atoms with Gasteiger partial charge in [0.2, 0.25) is 0 Å². The number of aromatic nitrogens is 2. The van der Waals surface area contributed by atoms with Crippen LogP contribution in [-0.2, 0) is 22.8 Å². The van der Waals surface area contributed by atoms with E-state index in [4.69, 9.17) is 5.26 Å². The smallest absolute Gasteiger partial charge is 0.175 e. The fourth-order valence-corrected chi connectivity index (χ4v) is 3.71. The van der Waals surface area contributed by atoms with E-state index in [1.807, 2.05) is 41.1 Å². The van der Waals surface area contributed by atoms with E-state index >= 15 is 0 Å². The first-order valence-corrected chi connectivity index (χ1v) is 9.63. The monoisotopic (exact) mass is 351 g/mol. The summed E-state index contributed by atoms with van der Waals surface area (Å²) in [6, 6.07) is 16.5. The molecule has 0 aliphatic rings. The number of imidazole rings is 1. The van der Waals surface area contributed by atoms with Crippen molar-refractivity contribution in [2.45, 2.75) is 17.9 Å². The molecule has 1 aromatic heterocycles. The lowest BCUT2D eigenvalue weighted by atomic mass is 10.1. The standard InChI is InChI=1S/C19H17N3O2S/c1-25(23,24)18-8-3-2-7-17(18)12-19-21-9-10-22(19)14-16-6-4-5-15(11-16)13-20/h2-11H,12,14H2,1H3. The highest BCUT2D eigenvalue weighted by atomic mass is 32.2. The van der Waals surface area contributed by atoms with E-state index in [0.29, 0.717) is 23.4 Å². The zero-order valence-electron chi connectivity index (χ0n) is 13.8. The van der Waals surface area contributed by atoms with Crippen LogP contribution in [0.5, 0.6) is 0 Å².